The molecule has 8 heteroatoms. The van der Waals surface area contributed by atoms with Gasteiger partial charge in [-0.2, -0.15) is 0 Å². The van der Waals surface area contributed by atoms with E-state index in [1.165, 1.54) is 4.90 Å². The summed E-state index contributed by atoms with van der Waals surface area (Å²) in [5.74, 6) is -1.51. The first-order valence-electron chi connectivity index (χ1n) is 14.3. The van der Waals surface area contributed by atoms with Crippen molar-refractivity contribution >= 4 is 35.2 Å². The van der Waals surface area contributed by atoms with Crippen LogP contribution in [0.5, 0.6) is 0 Å². The number of likely N-dealkylation sites (tertiary alicyclic amines) is 1. The van der Waals surface area contributed by atoms with Crippen LogP contribution in [0.2, 0.25) is 5.02 Å². The second-order valence-electron chi connectivity index (χ2n) is 11.1. The minimum atomic E-state index is -0.747. The maximum atomic E-state index is 13.9. The van der Waals surface area contributed by atoms with Gasteiger partial charge in [-0.1, -0.05) is 79.1 Å². The van der Waals surface area contributed by atoms with E-state index >= 15 is 0 Å². The van der Waals surface area contributed by atoms with E-state index in [0.717, 1.165) is 36.8 Å². The number of fused-ring (bicyclic) bond motifs is 1. The lowest BCUT2D eigenvalue weighted by molar-refractivity contribution is -0.144. The average molecular weight is 562 g/mol. The Morgan fingerprint density at radius 3 is 2.15 bits per heavy atom. The van der Waals surface area contributed by atoms with Crippen LogP contribution in [0.1, 0.15) is 56.1 Å². The number of nitrogens with zero attached hydrogens (tertiary/aromatic N) is 2. The summed E-state index contributed by atoms with van der Waals surface area (Å²) < 4.78 is 0. The molecule has 2 aliphatic carbocycles. The maximum absolute atomic E-state index is 13.9. The molecule has 0 radical (unpaired) electrons. The molecular weight excluding hydrogens is 526 g/mol. The maximum Gasteiger partial charge on any atom is 0.243 e. The van der Waals surface area contributed by atoms with Gasteiger partial charge in [0.2, 0.25) is 23.6 Å². The highest BCUT2D eigenvalue weighted by molar-refractivity contribution is 6.30. The number of hydrogen-bond acceptors (Lipinski definition) is 4. The van der Waals surface area contributed by atoms with Gasteiger partial charge < -0.3 is 10.2 Å². The molecule has 0 bridgehead atoms. The Kier molecular flexibility index (Phi) is 9.00. The van der Waals surface area contributed by atoms with Crippen molar-refractivity contribution in [2.45, 2.75) is 70.0 Å². The second-order valence-corrected chi connectivity index (χ2v) is 11.5. The van der Waals surface area contributed by atoms with Crippen LogP contribution < -0.4 is 5.32 Å². The summed E-state index contributed by atoms with van der Waals surface area (Å²) in [4.78, 5) is 56.6. The average Bonchev–Trinajstić information content (AvgIpc) is 3.57. The zero-order valence-electron chi connectivity index (χ0n) is 22.6. The lowest BCUT2D eigenvalue weighted by Gasteiger charge is -2.33. The molecule has 210 valence electrons. The molecule has 3 atom stereocenters. The van der Waals surface area contributed by atoms with E-state index in [-0.39, 0.29) is 61.0 Å². The number of benzene rings is 2. The van der Waals surface area contributed by atoms with Crippen LogP contribution in [-0.2, 0) is 32.1 Å². The van der Waals surface area contributed by atoms with Crippen molar-refractivity contribution in [3.63, 3.8) is 0 Å². The van der Waals surface area contributed by atoms with Gasteiger partial charge in [-0.3, -0.25) is 24.1 Å². The summed E-state index contributed by atoms with van der Waals surface area (Å²) in [6.45, 7) is 0.228. The van der Waals surface area contributed by atoms with Crippen LogP contribution in [0.25, 0.3) is 0 Å². The number of imide groups is 1. The fourth-order valence-corrected chi connectivity index (χ4v) is 6.27. The van der Waals surface area contributed by atoms with E-state index in [4.69, 9.17) is 11.6 Å². The van der Waals surface area contributed by atoms with Gasteiger partial charge in [0, 0.05) is 37.0 Å². The van der Waals surface area contributed by atoms with Gasteiger partial charge in [-0.15, -0.1) is 0 Å². The molecule has 3 aliphatic rings. The summed E-state index contributed by atoms with van der Waals surface area (Å²) in [6.07, 6.45) is 9.37. The third kappa shape index (κ3) is 6.47. The predicted octanol–water partition coefficient (Wildman–Crippen LogP) is 4.68. The molecule has 5 rings (SSSR count). The Labute approximate surface area is 240 Å². The van der Waals surface area contributed by atoms with E-state index < -0.39 is 6.04 Å². The smallest absolute Gasteiger partial charge is 0.243 e. The van der Waals surface area contributed by atoms with Crippen LogP contribution in [-0.4, -0.2) is 52.1 Å². The molecule has 40 heavy (non-hydrogen) atoms. The molecule has 4 amide bonds. The molecule has 1 saturated heterocycles. The molecule has 0 aromatic heterocycles. The second kappa shape index (κ2) is 12.8. The lowest BCUT2D eigenvalue weighted by Crippen LogP contribution is -2.52. The number of halogens is 1. The Morgan fingerprint density at radius 2 is 1.52 bits per heavy atom. The first kappa shape index (κ1) is 28.1. The Morgan fingerprint density at radius 1 is 0.900 bits per heavy atom. The Bertz CT molecular complexity index is 1230. The largest absolute Gasteiger partial charge is 0.352 e. The summed E-state index contributed by atoms with van der Waals surface area (Å²) in [7, 11) is 0. The van der Waals surface area contributed by atoms with E-state index in [9.17, 15) is 19.2 Å². The quantitative estimate of drug-likeness (QED) is 0.337. The van der Waals surface area contributed by atoms with Gasteiger partial charge in [0.25, 0.3) is 0 Å². The van der Waals surface area contributed by atoms with Crippen molar-refractivity contribution < 1.29 is 19.2 Å². The highest BCUT2D eigenvalue weighted by Crippen LogP contribution is 2.35. The normalized spacial score (nSPS) is 21.4. The summed E-state index contributed by atoms with van der Waals surface area (Å²) in [5, 5.41) is 3.78. The summed E-state index contributed by atoms with van der Waals surface area (Å²) in [6, 6.07) is 16.3. The topological polar surface area (TPSA) is 86.8 Å². The van der Waals surface area contributed by atoms with E-state index in [1.54, 1.807) is 17.0 Å². The predicted molar refractivity (Wildman–Crippen MR) is 153 cm³/mol. The number of carbonyl (C=O) groups excluding carboxylic acids is 4. The van der Waals surface area contributed by atoms with Crippen LogP contribution in [0.4, 0.5) is 0 Å². The molecular formula is C32H36ClN3O4. The van der Waals surface area contributed by atoms with Crippen LogP contribution in [0.15, 0.2) is 66.7 Å². The zero-order chi connectivity index (χ0) is 28.1. The molecule has 2 aromatic rings. The number of amides is 4. The van der Waals surface area contributed by atoms with Gasteiger partial charge in [-0.25, -0.2) is 0 Å². The number of carbonyl (C=O) groups is 4. The lowest BCUT2D eigenvalue weighted by atomic mass is 9.85. The molecule has 0 spiro atoms. The number of rotatable bonds is 10. The highest BCUT2D eigenvalue weighted by atomic mass is 35.5. The van der Waals surface area contributed by atoms with Crippen LogP contribution in [0, 0.1) is 11.8 Å². The zero-order valence-corrected chi connectivity index (χ0v) is 23.4. The minimum absolute atomic E-state index is 0.0168. The molecule has 1 aliphatic heterocycles. The standard InChI is InChI=1S/C32H36ClN3O4/c33-24-16-14-23(15-17-24)21-36(29(37)18-19-35-31(39)26-12-6-7-13-27(26)32(35)40)28(20-22-8-2-1-3-9-22)30(38)34-25-10-4-5-11-25/h1-3,6-9,14-17,25-28H,4-5,10-13,18-21H2,(H,34,38)/t26-,27+,28?. The van der Waals surface area contributed by atoms with Crippen molar-refractivity contribution in [1.29, 1.82) is 0 Å². The van der Waals surface area contributed by atoms with Gasteiger partial charge in [-0.05, 0) is 48.9 Å². The first-order valence-corrected chi connectivity index (χ1v) is 14.7. The van der Waals surface area contributed by atoms with Crippen molar-refractivity contribution in [1.82, 2.24) is 15.1 Å². The van der Waals surface area contributed by atoms with E-state index in [2.05, 4.69) is 5.32 Å². The van der Waals surface area contributed by atoms with E-state index in [1.807, 2.05) is 54.6 Å². The van der Waals surface area contributed by atoms with Gasteiger partial charge in [0.1, 0.15) is 6.04 Å². The molecule has 1 saturated carbocycles. The third-order valence-electron chi connectivity index (χ3n) is 8.39. The Hall–Kier alpha value is -3.45. The first-order chi connectivity index (χ1) is 19.4. The third-order valence-corrected chi connectivity index (χ3v) is 8.64. The van der Waals surface area contributed by atoms with Crippen LogP contribution in [0.3, 0.4) is 0 Å². The molecule has 1 N–H and O–H groups in total. The van der Waals surface area contributed by atoms with Crippen molar-refractivity contribution in [2.24, 2.45) is 11.8 Å². The van der Waals surface area contributed by atoms with E-state index in [0.29, 0.717) is 24.3 Å². The summed E-state index contributed by atoms with van der Waals surface area (Å²) >= 11 is 6.11. The molecule has 1 heterocycles. The van der Waals surface area contributed by atoms with Crippen molar-refractivity contribution in [3.8, 4) is 0 Å². The van der Waals surface area contributed by atoms with Gasteiger partial charge in [0.15, 0.2) is 0 Å². The van der Waals surface area contributed by atoms with Crippen LogP contribution >= 0.6 is 11.6 Å². The van der Waals surface area contributed by atoms with Crippen molar-refractivity contribution in [2.75, 3.05) is 6.54 Å². The number of allylic oxidation sites excluding steroid dienone is 2. The Balaban J connectivity index is 1.38. The number of nitrogens with one attached hydrogen (secondary N) is 1. The highest BCUT2D eigenvalue weighted by Gasteiger charge is 2.47. The fourth-order valence-electron chi connectivity index (χ4n) is 6.15. The number of hydrogen-bond donors (Lipinski definition) is 1. The molecule has 2 aromatic carbocycles. The molecule has 1 unspecified atom stereocenters. The summed E-state index contributed by atoms with van der Waals surface area (Å²) in [5.41, 5.74) is 1.79. The van der Waals surface area contributed by atoms with Gasteiger partial charge >= 0.3 is 0 Å². The van der Waals surface area contributed by atoms with Gasteiger partial charge in [0.05, 0.1) is 11.8 Å². The molecule has 7 nitrogen and oxygen atoms in total. The SMILES string of the molecule is O=C(NC1CCCC1)C(Cc1ccccc1)N(Cc1ccc(Cl)cc1)C(=O)CCN1C(=O)[C@H]2CC=CC[C@H]2C1=O. The van der Waals surface area contributed by atoms with Crippen molar-refractivity contribution in [3.05, 3.63) is 82.9 Å². The fraction of sp³-hybridized carbons (Fsp3) is 0.438. The monoisotopic (exact) mass is 561 g/mol. The molecule has 2 fully saturated rings. The minimum Gasteiger partial charge on any atom is -0.352 e.